The van der Waals surface area contributed by atoms with Crippen molar-refractivity contribution in [1.29, 1.82) is 0 Å². The number of ether oxygens (including phenoxy) is 1. The quantitative estimate of drug-likeness (QED) is 0.657. The smallest absolute Gasteiger partial charge is 0.341 e. The van der Waals surface area contributed by atoms with Gasteiger partial charge in [0.15, 0.2) is 0 Å². The second-order valence-electron chi connectivity index (χ2n) is 4.92. The molecule has 1 fully saturated rings. The number of nitrogens with zero attached hydrogens (tertiary/aromatic N) is 2. The maximum Gasteiger partial charge on any atom is 0.341 e. The van der Waals surface area contributed by atoms with Crippen molar-refractivity contribution in [2.24, 2.45) is 5.92 Å². The molecule has 0 bridgehead atoms. The van der Waals surface area contributed by atoms with Gasteiger partial charge in [0.2, 0.25) is 5.88 Å². The van der Waals surface area contributed by atoms with E-state index in [0.29, 0.717) is 12.5 Å². The molecule has 0 unspecified atom stereocenters. The first-order chi connectivity index (χ1) is 9.58. The van der Waals surface area contributed by atoms with Crippen molar-refractivity contribution in [2.75, 3.05) is 6.61 Å². The number of nitro groups is 1. The van der Waals surface area contributed by atoms with E-state index in [2.05, 4.69) is 4.98 Å². The molecule has 0 spiro atoms. The number of hydrogen-bond acceptors (Lipinski definition) is 5. The summed E-state index contributed by atoms with van der Waals surface area (Å²) in [7, 11) is 0. The Bertz CT molecular complexity index is 511. The van der Waals surface area contributed by atoms with E-state index in [4.69, 9.17) is 9.84 Å². The summed E-state index contributed by atoms with van der Waals surface area (Å²) in [6.07, 6.45) is 6.70. The Morgan fingerprint density at radius 3 is 2.75 bits per heavy atom. The Kier molecular flexibility index (Phi) is 4.49. The van der Waals surface area contributed by atoms with Crippen LogP contribution in [0.3, 0.4) is 0 Å². The molecule has 1 saturated carbocycles. The third kappa shape index (κ3) is 3.43. The van der Waals surface area contributed by atoms with Gasteiger partial charge in [0.05, 0.1) is 11.5 Å². The summed E-state index contributed by atoms with van der Waals surface area (Å²) in [6, 6.07) is 0.978. The Morgan fingerprint density at radius 2 is 2.15 bits per heavy atom. The molecule has 1 N–H and O–H groups in total. The number of hydrogen-bond donors (Lipinski definition) is 1. The zero-order valence-corrected chi connectivity index (χ0v) is 10.9. The Balaban J connectivity index is 2.09. The average molecular weight is 280 g/mol. The molecule has 7 nitrogen and oxygen atoms in total. The van der Waals surface area contributed by atoms with Crippen LogP contribution in [0.25, 0.3) is 0 Å². The number of aromatic carboxylic acids is 1. The monoisotopic (exact) mass is 280 g/mol. The van der Waals surface area contributed by atoms with Crippen LogP contribution in [-0.4, -0.2) is 27.6 Å². The number of carboxylic acids is 1. The fourth-order valence-electron chi connectivity index (χ4n) is 2.36. The minimum absolute atomic E-state index is 0.0475. The van der Waals surface area contributed by atoms with Crippen molar-refractivity contribution in [1.82, 2.24) is 4.98 Å². The Hall–Kier alpha value is -2.18. The van der Waals surface area contributed by atoms with Gasteiger partial charge in [-0.1, -0.05) is 19.3 Å². The second kappa shape index (κ2) is 6.31. The average Bonchev–Trinajstić information content (AvgIpc) is 2.45. The highest BCUT2D eigenvalue weighted by Gasteiger charge is 2.20. The summed E-state index contributed by atoms with van der Waals surface area (Å²) in [5, 5.41) is 19.7. The molecule has 1 aliphatic rings. The lowest BCUT2D eigenvalue weighted by atomic mass is 9.90. The minimum atomic E-state index is -1.28. The fraction of sp³-hybridized carbons (Fsp3) is 0.538. The highest BCUT2D eigenvalue weighted by atomic mass is 16.6. The molecule has 1 aromatic rings. The molecular formula is C13H16N2O5. The number of carboxylic acid groups (broad SMARTS) is 1. The predicted octanol–water partition coefficient (Wildman–Crippen LogP) is 2.65. The zero-order valence-electron chi connectivity index (χ0n) is 10.9. The van der Waals surface area contributed by atoms with Crippen molar-refractivity contribution in [3.8, 4) is 5.88 Å². The lowest BCUT2D eigenvalue weighted by Crippen LogP contribution is -2.17. The lowest BCUT2D eigenvalue weighted by Gasteiger charge is -2.21. The maximum atomic E-state index is 11.1. The SMILES string of the molecule is O=C(O)c1cc([N+](=O)[O-])cnc1OCC1CCCCC1. The molecule has 1 aliphatic carbocycles. The Labute approximate surface area is 115 Å². The zero-order chi connectivity index (χ0) is 14.5. The van der Waals surface area contributed by atoms with Gasteiger partial charge < -0.3 is 9.84 Å². The minimum Gasteiger partial charge on any atom is -0.477 e. The summed E-state index contributed by atoms with van der Waals surface area (Å²) in [5.74, 6) is -0.920. The fourth-order valence-corrected chi connectivity index (χ4v) is 2.36. The summed E-state index contributed by atoms with van der Waals surface area (Å²) in [4.78, 5) is 24.8. The van der Waals surface area contributed by atoms with E-state index >= 15 is 0 Å². The largest absolute Gasteiger partial charge is 0.477 e. The van der Waals surface area contributed by atoms with Crippen LogP contribution < -0.4 is 4.74 Å². The first-order valence-corrected chi connectivity index (χ1v) is 6.58. The molecule has 0 aliphatic heterocycles. The molecule has 0 amide bonds. The molecule has 0 atom stereocenters. The van der Waals surface area contributed by atoms with E-state index in [9.17, 15) is 14.9 Å². The maximum absolute atomic E-state index is 11.1. The lowest BCUT2D eigenvalue weighted by molar-refractivity contribution is -0.385. The van der Waals surface area contributed by atoms with Crippen LogP contribution in [0.1, 0.15) is 42.5 Å². The van der Waals surface area contributed by atoms with E-state index in [1.54, 1.807) is 0 Å². The van der Waals surface area contributed by atoms with Gasteiger partial charge in [-0.3, -0.25) is 10.1 Å². The van der Waals surface area contributed by atoms with E-state index < -0.39 is 10.9 Å². The van der Waals surface area contributed by atoms with E-state index in [1.165, 1.54) is 6.42 Å². The van der Waals surface area contributed by atoms with Gasteiger partial charge in [-0.25, -0.2) is 9.78 Å². The van der Waals surface area contributed by atoms with Crippen molar-refractivity contribution in [2.45, 2.75) is 32.1 Å². The first kappa shape index (κ1) is 14.2. The van der Waals surface area contributed by atoms with Gasteiger partial charge in [0.25, 0.3) is 5.69 Å². The van der Waals surface area contributed by atoms with Crippen LogP contribution >= 0.6 is 0 Å². The number of pyridine rings is 1. The Morgan fingerprint density at radius 1 is 1.45 bits per heavy atom. The molecule has 20 heavy (non-hydrogen) atoms. The summed E-state index contributed by atoms with van der Waals surface area (Å²) >= 11 is 0. The molecular weight excluding hydrogens is 264 g/mol. The topological polar surface area (TPSA) is 103 Å². The summed E-state index contributed by atoms with van der Waals surface area (Å²) in [6.45, 7) is 0.408. The third-order valence-corrected chi connectivity index (χ3v) is 3.46. The van der Waals surface area contributed by atoms with E-state index in [1.807, 2.05) is 0 Å². The van der Waals surface area contributed by atoms with Crippen LogP contribution in [-0.2, 0) is 0 Å². The van der Waals surface area contributed by atoms with Gasteiger partial charge in [0, 0.05) is 6.07 Å². The van der Waals surface area contributed by atoms with Gasteiger partial charge in [-0.05, 0) is 18.8 Å². The van der Waals surface area contributed by atoms with Gasteiger partial charge in [-0.2, -0.15) is 0 Å². The van der Waals surface area contributed by atoms with Gasteiger partial charge in [0.1, 0.15) is 11.8 Å². The van der Waals surface area contributed by atoms with Crippen LogP contribution in [0.15, 0.2) is 12.3 Å². The molecule has 1 heterocycles. The molecule has 0 saturated heterocycles. The van der Waals surface area contributed by atoms with E-state index in [0.717, 1.165) is 37.9 Å². The molecule has 1 aromatic heterocycles. The molecule has 0 aromatic carbocycles. The molecule has 7 heteroatoms. The van der Waals surface area contributed by atoms with Gasteiger partial charge >= 0.3 is 5.97 Å². The van der Waals surface area contributed by atoms with Gasteiger partial charge in [-0.15, -0.1) is 0 Å². The van der Waals surface area contributed by atoms with Crippen LogP contribution in [0.4, 0.5) is 5.69 Å². The van der Waals surface area contributed by atoms with Crippen molar-refractivity contribution < 1.29 is 19.6 Å². The third-order valence-electron chi connectivity index (χ3n) is 3.46. The van der Waals surface area contributed by atoms with Crippen molar-refractivity contribution >= 4 is 11.7 Å². The highest BCUT2D eigenvalue weighted by molar-refractivity contribution is 5.90. The molecule has 2 rings (SSSR count). The molecule has 108 valence electrons. The number of rotatable bonds is 5. The second-order valence-corrected chi connectivity index (χ2v) is 4.92. The van der Waals surface area contributed by atoms with Crippen molar-refractivity contribution in [3.05, 3.63) is 27.9 Å². The predicted molar refractivity (Wildman–Crippen MR) is 69.9 cm³/mol. The highest BCUT2D eigenvalue weighted by Crippen LogP contribution is 2.26. The summed E-state index contributed by atoms with van der Waals surface area (Å²) < 4.78 is 5.46. The number of aromatic nitrogens is 1. The van der Waals surface area contributed by atoms with Crippen LogP contribution in [0.5, 0.6) is 5.88 Å². The van der Waals surface area contributed by atoms with Crippen molar-refractivity contribution in [3.63, 3.8) is 0 Å². The van der Waals surface area contributed by atoms with Crippen LogP contribution in [0, 0.1) is 16.0 Å². The van der Waals surface area contributed by atoms with E-state index in [-0.39, 0.29) is 17.1 Å². The number of carbonyl (C=O) groups is 1. The molecule has 0 radical (unpaired) electrons. The van der Waals surface area contributed by atoms with Crippen LogP contribution in [0.2, 0.25) is 0 Å². The standard InChI is InChI=1S/C13H16N2O5/c16-13(17)11-6-10(15(18)19)7-14-12(11)20-8-9-4-2-1-3-5-9/h6-7,9H,1-5,8H2,(H,16,17). The first-order valence-electron chi connectivity index (χ1n) is 6.58. The summed E-state index contributed by atoms with van der Waals surface area (Å²) in [5.41, 5.74) is -0.623. The normalized spacial score (nSPS) is 15.8.